The van der Waals surface area contributed by atoms with Crippen molar-refractivity contribution >= 4 is 11.9 Å². The molecule has 2 aromatic carbocycles. The number of allylic oxidation sites excluding steroid dienone is 4. The summed E-state index contributed by atoms with van der Waals surface area (Å²) >= 11 is 0. The third kappa shape index (κ3) is 3.77. The number of aldehydes is 1. The fourth-order valence-corrected chi connectivity index (χ4v) is 4.37. The Labute approximate surface area is 181 Å². The summed E-state index contributed by atoms with van der Waals surface area (Å²) < 4.78 is 0. The number of aliphatic hydroxyl groups is 1. The molecule has 2 aromatic rings. The Morgan fingerprint density at radius 2 is 1.77 bits per heavy atom. The molecule has 160 valence electrons. The maximum absolute atomic E-state index is 11.8. The minimum Gasteiger partial charge on any atom is -0.508 e. The number of phenolic OH excluding ortho intramolecular Hbond substituents is 3. The molecule has 0 aliphatic heterocycles. The highest BCUT2D eigenvalue weighted by molar-refractivity contribution is 6.08. The number of phenols is 3. The van der Waals surface area contributed by atoms with E-state index in [4.69, 9.17) is 0 Å². The summed E-state index contributed by atoms with van der Waals surface area (Å²) in [6.45, 7) is 3.84. The van der Waals surface area contributed by atoms with Crippen molar-refractivity contribution in [3.05, 3.63) is 82.0 Å². The van der Waals surface area contributed by atoms with Crippen LogP contribution < -0.4 is 0 Å². The summed E-state index contributed by atoms with van der Waals surface area (Å²) in [5.41, 5.74) is 4.73. The smallest absolute Gasteiger partial charge is 0.150 e. The molecule has 0 spiro atoms. The predicted octanol–water partition coefficient (Wildman–Crippen LogP) is 4.47. The molecule has 0 bridgehead atoms. The van der Waals surface area contributed by atoms with Crippen LogP contribution in [0.1, 0.15) is 54.4 Å². The molecule has 3 atom stereocenters. The number of hydrogen-bond donors (Lipinski definition) is 4. The fraction of sp³-hybridized carbons (Fsp3) is 0.269. The van der Waals surface area contributed by atoms with E-state index in [2.05, 4.69) is 13.0 Å². The van der Waals surface area contributed by atoms with Gasteiger partial charge in [0.25, 0.3) is 0 Å². The van der Waals surface area contributed by atoms with E-state index in [1.807, 2.05) is 12.1 Å². The average molecular weight is 418 g/mol. The summed E-state index contributed by atoms with van der Waals surface area (Å²) in [6.07, 6.45) is 6.91. The summed E-state index contributed by atoms with van der Waals surface area (Å²) in [6, 6.07) is 8.36. The van der Waals surface area contributed by atoms with Crippen LogP contribution in [0.5, 0.6) is 17.2 Å². The van der Waals surface area contributed by atoms with Crippen molar-refractivity contribution in [2.45, 2.75) is 44.6 Å². The van der Waals surface area contributed by atoms with Crippen LogP contribution in [0.2, 0.25) is 0 Å². The molecule has 31 heavy (non-hydrogen) atoms. The molecule has 0 saturated carbocycles. The monoisotopic (exact) mass is 418 g/mol. The number of carbonyl (C=O) groups is 1. The lowest BCUT2D eigenvalue weighted by molar-refractivity contribution is -0.103. The second-order valence-corrected chi connectivity index (χ2v) is 8.47. The third-order valence-electron chi connectivity index (χ3n) is 6.29. The van der Waals surface area contributed by atoms with Gasteiger partial charge in [-0.2, -0.15) is 0 Å². The van der Waals surface area contributed by atoms with Crippen molar-refractivity contribution < 1.29 is 25.2 Å². The quantitative estimate of drug-likeness (QED) is 0.315. The second-order valence-electron chi connectivity index (χ2n) is 8.47. The van der Waals surface area contributed by atoms with Crippen LogP contribution in [0, 0.1) is 0 Å². The molecule has 4 rings (SSSR count). The fourth-order valence-electron chi connectivity index (χ4n) is 4.37. The van der Waals surface area contributed by atoms with E-state index in [1.54, 1.807) is 25.1 Å². The van der Waals surface area contributed by atoms with Crippen molar-refractivity contribution in [1.29, 1.82) is 0 Å². The summed E-state index contributed by atoms with van der Waals surface area (Å²) in [4.78, 5) is 11.8. The molecule has 0 saturated heterocycles. The molecule has 2 aliphatic carbocycles. The van der Waals surface area contributed by atoms with Crippen LogP contribution in [0.25, 0.3) is 5.57 Å². The second kappa shape index (κ2) is 8.08. The Balaban J connectivity index is 1.63. The van der Waals surface area contributed by atoms with Crippen molar-refractivity contribution in [3.63, 3.8) is 0 Å². The van der Waals surface area contributed by atoms with Gasteiger partial charge < -0.3 is 20.4 Å². The highest BCUT2D eigenvalue weighted by atomic mass is 16.3. The van der Waals surface area contributed by atoms with Gasteiger partial charge in [0.1, 0.15) is 23.5 Å². The number of hydrogen-bond acceptors (Lipinski definition) is 5. The number of aliphatic hydroxyl groups excluding tert-OH is 1. The van der Waals surface area contributed by atoms with Gasteiger partial charge in [-0.1, -0.05) is 35.9 Å². The van der Waals surface area contributed by atoms with E-state index in [-0.39, 0.29) is 28.7 Å². The molecule has 5 heteroatoms. The van der Waals surface area contributed by atoms with Gasteiger partial charge in [0, 0.05) is 34.1 Å². The van der Waals surface area contributed by atoms with Crippen LogP contribution in [0.3, 0.4) is 0 Å². The number of carbonyl (C=O) groups excluding carboxylic acids is 1. The SMILES string of the molecule is CC1=CC(c2cc(CC=C(C=O)c3ccc(O)c(C4C=C(C)C4O)c3O)ccc2O)C1. The summed E-state index contributed by atoms with van der Waals surface area (Å²) in [7, 11) is 0. The first kappa shape index (κ1) is 20.9. The summed E-state index contributed by atoms with van der Waals surface area (Å²) in [5, 5.41) is 41.4. The Morgan fingerprint density at radius 1 is 1.06 bits per heavy atom. The van der Waals surface area contributed by atoms with Crippen molar-refractivity contribution in [2.75, 3.05) is 0 Å². The first-order valence-electron chi connectivity index (χ1n) is 10.4. The Bertz CT molecular complexity index is 1140. The largest absolute Gasteiger partial charge is 0.508 e. The first-order chi connectivity index (χ1) is 14.8. The maximum atomic E-state index is 11.8. The van der Waals surface area contributed by atoms with Gasteiger partial charge in [-0.05, 0) is 56.0 Å². The third-order valence-corrected chi connectivity index (χ3v) is 6.29. The molecule has 0 amide bonds. The lowest BCUT2D eigenvalue weighted by Crippen LogP contribution is -2.27. The van der Waals surface area contributed by atoms with Crippen LogP contribution >= 0.6 is 0 Å². The Hall–Kier alpha value is -3.31. The van der Waals surface area contributed by atoms with Gasteiger partial charge in [0.05, 0.1) is 6.10 Å². The Morgan fingerprint density at radius 3 is 2.39 bits per heavy atom. The predicted molar refractivity (Wildman–Crippen MR) is 119 cm³/mol. The maximum Gasteiger partial charge on any atom is 0.150 e. The molecule has 2 aliphatic rings. The van der Waals surface area contributed by atoms with Crippen molar-refractivity contribution in [3.8, 4) is 17.2 Å². The van der Waals surface area contributed by atoms with Crippen LogP contribution in [-0.4, -0.2) is 32.8 Å². The molecule has 3 unspecified atom stereocenters. The van der Waals surface area contributed by atoms with Gasteiger partial charge in [-0.3, -0.25) is 4.79 Å². The van der Waals surface area contributed by atoms with E-state index in [9.17, 15) is 25.2 Å². The Kier molecular flexibility index (Phi) is 5.46. The van der Waals surface area contributed by atoms with Crippen molar-refractivity contribution in [1.82, 2.24) is 0 Å². The van der Waals surface area contributed by atoms with Gasteiger partial charge in [-0.25, -0.2) is 0 Å². The van der Waals surface area contributed by atoms with Crippen LogP contribution in [0.15, 0.2) is 59.7 Å². The average Bonchev–Trinajstić information content (AvgIpc) is 2.73. The zero-order valence-corrected chi connectivity index (χ0v) is 17.5. The van der Waals surface area contributed by atoms with Gasteiger partial charge in [0.2, 0.25) is 0 Å². The van der Waals surface area contributed by atoms with E-state index in [0.29, 0.717) is 23.8 Å². The molecule has 0 radical (unpaired) electrons. The molecule has 4 N–H and O–H groups in total. The molecule has 5 nitrogen and oxygen atoms in total. The highest BCUT2D eigenvalue weighted by Gasteiger charge is 2.34. The standard InChI is InChI=1S/C26H26O5/c1-14-9-18(10-14)20-12-16(4-7-22(20)28)3-5-17(13-27)19-6-8-23(29)24(26(19)31)21-11-15(2)25(21)30/h4-9,11-13,18,21,25,28-31H,3,10H2,1-2H3. The van der Waals surface area contributed by atoms with E-state index >= 15 is 0 Å². The van der Waals surface area contributed by atoms with E-state index in [0.717, 1.165) is 23.1 Å². The first-order valence-corrected chi connectivity index (χ1v) is 10.4. The number of rotatable bonds is 6. The normalized spacial score (nSPS) is 22.8. The molecular formula is C26H26O5. The molecule has 0 aromatic heterocycles. The van der Waals surface area contributed by atoms with Gasteiger partial charge >= 0.3 is 0 Å². The molecular weight excluding hydrogens is 392 g/mol. The lowest BCUT2D eigenvalue weighted by atomic mass is 9.77. The summed E-state index contributed by atoms with van der Waals surface area (Å²) in [5.74, 6) is -0.352. The van der Waals surface area contributed by atoms with Gasteiger partial charge in [-0.15, -0.1) is 0 Å². The zero-order chi connectivity index (χ0) is 22.3. The molecule has 0 heterocycles. The zero-order valence-electron chi connectivity index (χ0n) is 17.5. The lowest BCUT2D eigenvalue weighted by Gasteiger charge is -2.31. The number of aromatic hydroxyl groups is 3. The van der Waals surface area contributed by atoms with Crippen molar-refractivity contribution in [2.24, 2.45) is 0 Å². The minimum atomic E-state index is -0.768. The van der Waals surface area contributed by atoms with Crippen LogP contribution in [-0.2, 0) is 11.2 Å². The van der Waals surface area contributed by atoms with E-state index in [1.165, 1.54) is 17.7 Å². The minimum absolute atomic E-state index is 0.119. The highest BCUT2D eigenvalue weighted by Crippen LogP contribution is 2.46. The van der Waals surface area contributed by atoms with E-state index < -0.39 is 12.0 Å². The van der Waals surface area contributed by atoms with Gasteiger partial charge in [0.15, 0.2) is 0 Å². The number of benzene rings is 2. The topological polar surface area (TPSA) is 98.0 Å². The van der Waals surface area contributed by atoms with Crippen LogP contribution in [0.4, 0.5) is 0 Å². The molecule has 0 fully saturated rings.